The first-order chi connectivity index (χ1) is 9.10. The smallest absolute Gasteiger partial charge is 0.236 e. The van der Waals surface area contributed by atoms with E-state index in [0.717, 1.165) is 31.7 Å². The van der Waals surface area contributed by atoms with Gasteiger partial charge in [0.2, 0.25) is 5.91 Å². The Kier molecular flexibility index (Phi) is 6.30. The molecule has 0 bridgehead atoms. The van der Waals surface area contributed by atoms with Crippen LogP contribution < -0.4 is 10.5 Å². The van der Waals surface area contributed by atoms with Crippen LogP contribution in [0.1, 0.15) is 24.0 Å². The molecule has 1 aromatic rings. The molecule has 4 nitrogen and oxygen atoms in total. The van der Waals surface area contributed by atoms with E-state index in [1.807, 2.05) is 11.0 Å². The van der Waals surface area contributed by atoms with Crippen molar-refractivity contribution in [1.29, 1.82) is 0 Å². The van der Waals surface area contributed by atoms with Crippen molar-refractivity contribution in [2.24, 2.45) is 5.73 Å². The van der Waals surface area contributed by atoms with E-state index < -0.39 is 0 Å². The van der Waals surface area contributed by atoms with E-state index in [0.29, 0.717) is 0 Å². The van der Waals surface area contributed by atoms with E-state index in [1.165, 1.54) is 11.1 Å². The van der Waals surface area contributed by atoms with Crippen LogP contribution in [0.5, 0.6) is 5.75 Å². The summed E-state index contributed by atoms with van der Waals surface area (Å²) >= 11 is 0. The first-order valence-electron chi connectivity index (χ1n) is 6.82. The quantitative estimate of drug-likeness (QED) is 0.929. The number of nitrogens with two attached hydrogens (primary N) is 1. The minimum atomic E-state index is 0. The van der Waals surface area contributed by atoms with Crippen molar-refractivity contribution < 1.29 is 9.53 Å². The molecule has 1 aliphatic rings. The summed E-state index contributed by atoms with van der Waals surface area (Å²) in [4.78, 5) is 13.3. The molecule has 0 spiro atoms. The number of aryl methyl sites for hydroxylation is 2. The fraction of sp³-hybridized carbons (Fsp3) is 0.533. The molecule has 1 aromatic carbocycles. The first kappa shape index (κ1) is 16.8. The van der Waals surface area contributed by atoms with Gasteiger partial charge in [-0.3, -0.25) is 4.79 Å². The molecule has 0 atom stereocenters. The average Bonchev–Trinajstić information content (AvgIpc) is 2.43. The van der Waals surface area contributed by atoms with Gasteiger partial charge < -0.3 is 15.4 Å². The van der Waals surface area contributed by atoms with E-state index >= 15 is 0 Å². The highest BCUT2D eigenvalue weighted by Gasteiger charge is 2.23. The number of likely N-dealkylation sites (tertiary alicyclic amines) is 1. The number of hydrogen-bond acceptors (Lipinski definition) is 3. The largest absolute Gasteiger partial charge is 0.490 e. The molecule has 1 fully saturated rings. The van der Waals surface area contributed by atoms with Gasteiger partial charge in [0.1, 0.15) is 11.9 Å². The lowest BCUT2D eigenvalue weighted by atomic mass is 10.1. The lowest BCUT2D eigenvalue weighted by molar-refractivity contribution is -0.131. The highest BCUT2D eigenvalue weighted by molar-refractivity contribution is 5.85. The lowest BCUT2D eigenvalue weighted by Gasteiger charge is -2.32. The van der Waals surface area contributed by atoms with Crippen LogP contribution in [-0.4, -0.2) is 36.5 Å². The van der Waals surface area contributed by atoms with Crippen molar-refractivity contribution >= 4 is 18.3 Å². The van der Waals surface area contributed by atoms with Gasteiger partial charge in [0.15, 0.2) is 0 Å². The fourth-order valence-electron chi connectivity index (χ4n) is 2.33. The van der Waals surface area contributed by atoms with Crippen LogP contribution in [-0.2, 0) is 4.79 Å². The average molecular weight is 299 g/mol. The Morgan fingerprint density at radius 2 is 1.95 bits per heavy atom. The third kappa shape index (κ3) is 4.12. The van der Waals surface area contributed by atoms with Crippen LogP contribution >= 0.6 is 12.4 Å². The summed E-state index contributed by atoms with van der Waals surface area (Å²) < 4.78 is 5.98. The maximum absolute atomic E-state index is 11.5. The summed E-state index contributed by atoms with van der Waals surface area (Å²) in [6.07, 6.45) is 1.95. The van der Waals surface area contributed by atoms with Crippen molar-refractivity contribution in [3.63, 3.8) is 0 Å². The zero-order valence-corrected chi connectivity index (χ0v) is 12.9. The van der Waals surface area contributed by atoms with Crippen LogP contribution in [0, 0.1) is 13.8 Å². The minimum Gasteiger partial charge on any atom is -0.490 e. The van der Waals surface area contributed by atoms with Gasteiger partial charge in [-0.2, -0.15) is 0 Å². The van der Waals surface area contributed by atoms with Crippen molar-refractivity contribution in [3.8, 4) is 5.75 Å². The summed E-state index contributed by atoms with van der Waals surface area (Å²) in [5, 5.41) is 0. The third-order valence-corrected chi connectivity index (χ3v) is 3.75. The number of carbonyl (C=O) groups excluding carboxylic acids is 1. The lowest BCUT2D eigenvalue weighted by Crippen LogP contribution is -2.44. The molecule has 5 heteroatoms. The molecule has 1 aliphatic heterocycles. The molecule has 1 heterocycles. The van der Waals surface area contributed by atoms with E-state index in [9.17, 15) is 4.79 Å². The first-order valence-corrected chi connectivity index (χ1v) is 6.82. The number of piperidine rings is 1. The number of benzene rings is 1. The number of ether oxygens (including phenoxy) is 1. The number of nitrogens with zero attached hydrogens (tertiary/aromatic N) is 1. The summed E-state index contributed by atoms with van der Waals surface area (Å²) in [7, 11) is 0. The molecule has 2 rings (SSSR count). The highest BCUT2D eigenvalue weighted by Crippen LogP contribution is 2.21. The Balaban J connectivity index is 0.00000200. The van der Waals surface area contributed by atoms with Gasteiger partial charge in [0.25, 0.3) is 0 Å². The van der Waals surface area contributed by atoms with Gasteiger partial charge in [-0.05, 0) is 37.1 Å². The van der Waals surface area contributed by atoms with Crippen molar-refractivity contribution in [1.82, 2.24) is 4.90 Å². The van der Waals surface area contributed by atoms with E-state index in [1.54, 1.807) is 0 Å². The zero-order chi connectivity index (χ0) is 13.8. The van der Waals surface area contributed by atoms with Crippen molar-refractivity contribution in [2.45, 2.75) is 32.8 Å². The van der Waals surface area contributed by atoms with Crippen molar-refractivity contribution in [3.05, 3.63) is 29.3 Å². The Labute approximate surface area is 126 Å². The van der Waals surface area contributed by atoms with E-state index in [4.69, 9.17) is 10.5 Å². The van der Waals surface area contributed by atoms with E-state index in [2.05, 4.69) is 26.0 Å². The molecule has 0 saturated carbocycles. The summed E-state index contributed by atoms with van der Waals surface area (Å²) in [5.74, 6) is 0.955. The number of rotatable bonds is 3. The molecule has 0 aromatic heterocycles. The molecular formula is C15H23ClN2O2. The van der Waals surface area contributed by atoms with Gasteiger partial charge in [0, 0.05) is 25.9 Å². The molecule has 0 unspecified atom stereocenters. The normalized spacial score (nSPS) is 15.7. The Bertz CT molecular complexity index is 457. The second kappa shape index (κ2) is 7.50. The maximum atomic E-state index is 11.5. The summed E-state index contributed by atoms with van der Waals surface area (Å²) in [5.41, 5.74) is 7.89. The van der Waals surface area contributed by atoms with Crippen LogP contribution in [0.4, 0.5) is 0 Å². The molecule has 112 valence electrons. The van der Waals surface area contributed by atoms with E-state index in [-0.39, 0.29) is 31.0 Å². The van der Waals surface area contributed by atoms with Crippen LogP contribution in [0.15, 0.2) is 18.2 Å². The molecule has 1 amide bonds. The Morgan fingerprint density at radius 1 is 1.30 bits per heavy atom. The maximum Gasteiger partial charge on any atom is 0.236 e. The predicted molar refractivity (Wildman–Crippen MR) is 82.4 cm³/mol. The van der Waals surface area contributed by atoms with Crippen LogP contribution in [0.3, 0.4) is 0 Å². The second-order valence-electron chi connectivity index (χ2n) is 5.15. The topological polar surface area (TPSA) is 55.6 Å². The highest BCUT2D eigenvalue weighted by atomic mass is 35.5. The Morgan fingerprint density at radius 3 is 2.50 bits per heavy atom. The summed E-state index contributed by atoms with van der Waals surface area (Å²) in [6.45, 7) is 5.76. The number of halogens is 1. The van der Waals surface area contributed by atoms with Gasteiger partial charge in [-0.25, -0.2) is 0 Å². The standard InChI is InChI=1S/C15H22N2O2.ClH/c1-11-3-4-14(9-12(11)2)19-13-5-7-17(8-6-13)15(18)10-16;/h3-4,9,13H,5-8,10,16H2,1-2H3;1H. The molecule has 0 radical (unpaired) electrons. The predicted octanol–water partition coefficient (Wildman–Crippen LogP) is 2.05. The SMILES string of the molecule is Cc1ccc(OC2CCN(C(=O)CN)CC2)cc1C.Cl. The number of carbonyl (C=O) groups is 1. The number of hydrogen-bond donors (Lipinski definition) is 1. The summed E-state index contributed by atoms with van der Waals surface area (Å²) in [6, 6.07) is 6.17. The molecule has 0 aliphatic carbocycles. The minimum absolute atomic E-state index is 0. The monoisotopic (exact) mass is 298 g/mol. The molecule has 1 saturated heterocycles. The zero-order valence-electron chi connectivity index (χ0n) is 12.1. The van der Waals surface area contributed by atoms with Crippen molar-refractivity contribution in [2.75, 3.05) is 19.6 Å². The fourth-order valence-corrected chi connectivity index (χ4v) is 2.33. The molecular weight excluding hydrogens is 276 g/mol. The molecule has 20 heavy (non-hydrogen) atoms. The van der Waals surface area contributed by atoms with Gasteiger partial charge in [-0.1, -0.05) is 6.07 Å². The van der Waals surface area contributed by atoms with Crippen LogP contribution in [0.25, 0.3) is 0 Å². The second-order valence-corrected chi connectivity index (χ2v) is 5.15. The number of amides is 1. The van der Waals surface area contributed by atoms with Gasteiger partial charge in [-0.15, -0.1) is 12.4 Å². The van der Waals surface area contributed by atoms with Gasteiger partial charge in [0.05, 0.1) is 6.54 Å². The Hall–Kier alpha value is -1.26. The van der Waals surface area contributed by atoms with Gasteiger partial charge >= 0.3 is 0 Å². The van der Waals surface area contributed by atoms with Crippen LogP contribution in [0.2, 0.25) is 0 Å². The third-order valence-electron chi connectivity index (χ3n) is 3.75. The molecule has 2 N–H and O–H groups in total.